The van der Waals surface area contributed by atoms with Crippen LogP contribution in [0.1, 0.15) is 108 Å². The second-order valence-electron chi connectivity index (χ2n) is 20.1. The van der Waals surface area contributed by atoms with Gasteiger partial charge < -0.3 is 19.4 Å². The van der Waals surface area contributed by atoms with Crippen LogP contribution >= 0.6 is 11.6 Å². The highest BCUT2D eigenvalue weighted by molar-refractivity contribution is 6.30. The summed E-state index contributed by atoms with van der Waals surface area (Å²) < 4.78 is 6.18. The number of carbonyl (C=O) groups excluding carboxylic acids is 4. The average molecular weight is 925 g/mol. The highest BCUT2D eigenvalue weighted by atomic mass is 35.5. The molecule has 67 heavy (non-hydrogen) atoms. The maximum absolute atomic E-state index is 13.4. The lowest BCUT2D eigenvalue weighted by atomic mass is 9.57. The Morgan fingerprint density at radius 2 is 1.55 bits per heavy atom. The zero-order valence-electron chi connectivity index (χ0n) is 38.4. The lowest BCUT2D eigenvalue weighted by Crippen LogP contribution is -2.54. The number of nitrogens with zero attached hydrogens (tertiary/aromatic N) is 8. The minimum Gasteiger partial charge on any atom is -0.487 e. The van der Waals surface area contributed by atoms with E-state index < -0.39 is 23.8 Å². The lowest BCUT2D eigenvalue weighted by molar-refractivity contribution is -0.136. The number of likely N-dealkylation sites (tertiary alicyclic amines) is 1. The fraction of sp³-hybridized carbons (Fsp3) is 0.481. The normalized spacial score (nSPS) is 21.9. The minimum atomic E-state index is -0.958. The third-order valence-electron chi connectivity index (χ3n) is 15.7. The molecular weight excluding hydrogens is 866 g/mol. The van der Waals surface area contributed by atoms with Gasteiger partial charge in [0.15, 0.2) is 0 Å². The Bertz CT molecular complexity index is 2600. The molecule has 1 aliphatic carbocycles. The van der Waals surface area contributed by atoms with Crippen LogP contribution in [0.4, 0.5) is 11.6 Å². The molecule has 4 amide bonds. The van der Waals surface area contributed by atoms with E-state index in [-0.39, 0.29) is 24.2 Å². The molecule has 3 aromatic carbocycles. The van der Waals surface area contributed by atoms with Gasteiger partial charge >= 0.3 is 0 Å². The predicted molar refractivity (Wildman–Crippen MR) is 254 cm³/mol. The number of fused-ring (bicyclic) bond motifs is 1. The van der Waals surface area contributed by atoms with Crippen molar-refractivity contribution in [3.8, 4) is 11.8 Å². The van der Waals surface area contributed by atoms with Crippen molar-refractivity contribution < 1.29 is 23.9 Å². The summed E-state index contributed by atoms with van der Waals surface area (Å²) in [5.74, 6) is 0.368. The number of piperazine rings is 1. The molecule has 348 valence electrons. The summed E-state index contributed by atoms with van der Waals surface area (Å²) >= 11 is 6.32. The molecule has 10 rings (SSSR count). The Hall–Kier alpha value is -5.88. The maximum atomic E-state index is 13.4. The maximum Gasteiger partial charge on any atom is 0.262 e. The molecule has 15 heteroatoms. The number of ether oxygens (including phenoxy) is 1. The molecule has 1 saturated carbocycles. The Morgan fingerprint density at radius 1 is 0.821 bits per heavy atom. The van der Waals surface area contributed by atoms with Crippen molar-refractivity contribution in [2.24, 2.45) is 11.3 Å². The molecular formula is C52H58ClN9O5. The number of aromatic nitrogens is 2. The van der Waals surface area contributed by atoms with E-state index in [2.05, 4.69) is 61.9 Å². The fourth-order valence-corrected chi connectivity index (χ4v) is 11.9. The number of piperidine rings is 3. The van der Waals surface area contributed by atoms with Gasteiger partial charge in [0.2, 0.25) is 17.8 Å². The summed E-state index contributed by atoms with van der Waals surface area (Å²) in [7, 11) is 0. The third kappa shape index (κ3) is 9.13. The first-order valence-corrected chi connectivity index (χ1v) is 24.3. The summed E-state index contributed by atoms with van der Waals surface area (Å²) in [6.07, 6.45) is 9.53. The number of carbonyl (C=O) groups is 4. The van der Waals surface area contributed by atoms with Gasteiger partial charge in [0, 0.05) is 80.6 Å². The van der Waals surface area contributed by atoms with Crippen molar-refractivity contribution in [3.63, 3.8) is 0 Å². The average Bonchev–Trinajstić information content (AvgIpc) is 3.58. The number of amides is 4. The van der Waals surface area contributed by atoms with Gasteiger partial charge in [-0.3, -0.25) is 34.3 Å². The fourth-order valence-electron chi connectivity index (χ4n) is 11.6. The van der Waals surface area contributed by atoms with E-state index in [4.69, 9.17) is 21.3 Å². The number of rotatable bonds is 11. The third-order valence-corrected chi connectivity index (χ3v) is 15.9. The van der Waals surface area contributed by atoms with E-state index in [1.807, 2.05) is 42.6 Å². The highest BCUT2D eigenvalue weighted by Crippen LogP contribution is 2.53. The van der Waals surface area contributed by atoms with Crippen LogP contribution < -0.4 is 19.9 Å². The second-order valence-corrected chi connectivity index (χ2v) is 20.6. The summed E-state index contributed by atoms with van der Waals surface area (Å²) in [6, 6.07) is 22.8. The van der Waals surface area contributed by atoms with E-state index in [1.165, 1.54) is 38.8 Å². The molecule has 4 aromatic rings. The van der Waals surface area contributed by atoms with E-state index in [0.717, 1.165) is 104 Å². The van der Waals surface area contributed by atoms with E-state index >= 15 is 0 Å². The van der Waals surface area contributed by atoms with Gasteiger partial charge in [-0.1, -0.05) is 37.6 Å². The number of imide groups is 2. The number of halogens is 1. The Kier molecular flexibility index (Phi) is 12.3. The van der Waals surface area contributed by atoms with Gasteiger partial charge in [-0.15, -0.1) is 0 Å². The van der Waals surface area contributed by atoms with Crippen LogP contribution in [-0.4, -0.2) is 119 Å². The molecule has 6 aliphatic rings. The van der Waals surface area contributed by atoms with Gasteiger partial charge in [-0.25, -0.2) is 9.97 Å². The van der Waals surface area contributed by atoms with Gasteiger partial charge in [0.25, 0.3) is 11.8 Å². The van der Waals surface area contributed by atoms with Crippen LogP contribution in [0.2, 0.25) is 5.02 Å². The minimum absolute atomic E-state index is 0.104. The molecule has 1 N–H and O–H groups in total. The largest absolute Gasteiger partial charge is 0.487 e. The highest BCUT2D eigenvalue weighted by Gasteiger charge is 2.48. The molecule has 1 spiro atoms. The molecule has 14 nitrogen and oxygen atoms in total. The molecule has 4 saturated heterocycles. The number of nitriles is 1. The number of anilines is 2. The van der Waals surface area contributed by atoms with Crippen LogP contribution in [0.25, 0.3) is 0 Å². The molecule has 1 aromatic heterocycles. The summed E-state index contributed by atoms with van der Waals surface area (Å²) in [4.78, 5) is 71.2. The second kappa shape index (κ2) is 18.3. The summed E-state index contributed by atoms with van der Waals surface area (Å²) in [6.45, 7) is 13.6. The first-order chi connectivity index (χ1) is 32.3. The van der Waals surface area contributed by atoms with Crippen LogP contribution in [0, 0.1) is 22.7 Å². The van der Waals surface area contributed by atoms with Crippen LogP contribution in [-0.2, 0) is 21.6 Å². The van der Waals surface area contributed by atoms with Crippen molar-refractivity contribution in [2.45, 2.75) is 89.3 Å². The van der Waals surface area contributed by atoms with Gasteiger partial charge in [0.05, 0.1) is 28.5 Å². The first-order valence-electron chi connectivity index (χ1n) is 23.9. The summed E-state index contributed by atoms with van der Waals surface area (Å²) in [5.41, 5.74) is 5.20. The molecule has 5 fully saturated rings. The van der Waals surface area contributed by atoms with Crippen molar-refractivity contribution in [1.82, 2.24) is 30.0 Å². The number of hydrogen-bond donors (Lipinski definition) is 1. The standard InChI is InChI=1S/C52H58ClN9O5/c1-51(2,37-25-34(31-54)26-38(53)27-37)36-3-6-42(7-4-36)67-33-39-11-16-55-50(56-39)61-17-12-40(13-18-61)59-19-14-52(15-20-59)29-35(30-52)32-58-21-23-60(24-22-58)41-5-8-43-44(28-41)49(66)62(48(43)65)45-9-10-46(63)57-47(45)64/h3-8,11,16,25-28,35,40,45H,9-10,12-15,17-24,29-30,32-33H2,1-2H3,(H,57,63,64). The molecule has 6 heterocycles. The van der Waals surface area contributed by atoms with Crippen LogP contribution in [0.5, 0.6) is 5.75 Å². The van der Waals surface area contributed by atoms with E-state index in [9.17, 15) is 24.4 Å². The zero-order valence-corrected chi connectivity index (χ0v) is 39.1. The molecule has 1 atom stereocenters. The van der Waals surface area contributed by atoms with Gasteiger partial charge in [-0.2, -0.15) is 5.26 Å². The topological polar surface area (TPSA) is 155 Å². The Morgan fingerprint density at radius 3 is 2.27 bits per heavy atom. The molecule has 0 radical (unpaired) electrons. The monoisotopic (exact) mass is 923 g/mol. The quantitative estimate of drug-likeness (QED) is 0.162. The van der Waals surface area contributed by atoms with E-state index in [0.29, 0.717) is 39.8 Å². The van der Waals surface area contributed by atoms with Crippen LogP contribution in [0.3, 0.4) is 0 Å². The Labute approximate surface area is 397 Å². The van der Waals surface area contributed by atoms with Crippen molar-refractivity contribution in [1.29, 1.82) is 5.26 Å². The van der Waals surface area contributed by atoms with Gasteiger partial charge in [0.1, 0.15) is 18.4 Å². The van der Waals surface area contributed by atoms with Crippen LogP contribution in [0.15, 0.2) is 72.9 Å². The Balaban J connectivity index is 0.638. The summed E-state index contributed by atoms with van der Waals surface area (Å²) in [5, 5.41) is 12.3. The van der Waals surface area contributed by atoms with Gasteiger partial charge in [-0.05, 0) is 135 Å². The van der Waals surface area contributed by atoms with Crippen molar-refractivity contribution in [2.75, 3.05) is 68.7 Å². The number of nitrogens with one attached hydrogen (secondary N) is 1. The smallest absolute Gasteiger partial charge is 0.262 e. The van der Waals surface area contributed by atoms with Crippen molar-refractivity contribution in [3.05, 3.63) is 111 Å². The molecule has 0 bridgehead atoms. The zero-order chi connectivity index (χ0) is 46.5. The first kappa shape index (κ1) is 44.9. The lowest BCUT2D eigenvalue weighted by Gasteiger charge is -2.55. The number of hydrogen-bond acceptors (Lipinski definition) is 12. The molecule has 1 unspecified atom stereocenters. The number of benzene rings is 3. The molecule has 5 aliphatic heterocycles. The van der Waals surface area contributed by atoms with Crippen molar-refractivity contribution >= 4 is 46.9 Å². The SMILES string of the molecule is CC(C)(c1ccc(OCc2ccnc(N3CCC(N4CCC5(CC4)CC(CN4CCN(c6ccc7c(c6)C(=O)N(C6CCC(=O)NC6=O)C7=O)CC4)C5)CC3)n2)cc1)c1cc(Cl)cc(C#N)c1. The predicted octanol–water partition coefficient (Wildman–Crippen LogP) is 6.59. The van der Waals surface area contributed by atoms with E-state index in [1.54, 1.807) is 18.2 Å².